The summed E-state index contributed by atoms with van der Waals surface area (Å²) in [5.41, 5.74) is 0.844. The number of nitrogens with zero attached hydrogens (tertiary/aromatic N) is 6. The maximum absolute atomic E-state index is 5.53. The normalized spacial score (nSPS) is 18.5. The molecule has 8 nitrogen and oxygen atoms in total. The first kappa shape index (κ1) is 16.8. The lowest BCUT2D eigenvalue weighted by Gasteiger charge is -2.31. The van der Waals surface area contributed by atoms with Crippen LogP contribution in [-0.2, 0) is 6.54 Å². The van der Waals surface area contributed by atoms with Crippen LogP contribution >= 0.6 is 0 Å². The highest BCUT2D eigenvalue weighted by Gasteiger charge is 2.30. The number of hydrogen-bond donors (Lipinski definition) is 0. The third-order valence-electron chi connectivity index (χ3n) is 4.60. The predicted molar refractivity (Wildman–Crippen MR) is 92.9 cm³/mol. The van der Waals surface area contributed by atoms with Crippen molar-refractivity contribution in [2.75, 3.05) is 6.54 Å². The van der Waals surface area contributed by atoms with E-state index in [1.807, 2.05) is 12.1 Å². The molecule has 3 aromatic heterocycles. The van der Waals surface area contributed by atoms with Crippen molar-refractivity contribution < 1.29 is 9.05 Å². The lowest BCUT2D eigenvalue weighted by atomic mass is 10.0. The molecule has 0 aromatic carbocycles. The van der Waals surface area contributed by atoms with Crippen LogP contribution in [0.1, 0.15) is 62.7 Å². The molecule has 0 radical (unpaired) electrons. The van der Waals surface area contributed by atoms with Crippen LogP contribution in [0.5, 0.6) is 0 Å². The molecule has 0 amide bonds. The highest BCUT2D eigenvalue weighted by atomic mass is 16.5. The van der Waals surface area contributed by atoms with Crippen molar-refractivity contribution in [2.45, 2.75) is 51.6 Å². The Morgan fingerprint density at radius 1 is 1.19 bits per heavy atom. The van der Waals surface area contributed by atoms with Crippen LogP contribution in [0.4, 0.5) is 0 Å². The SMILES string of the molecule is CC(C)c1noc(C2CCCCN2Cc2nc(-c3cccnc3)no2)n1. The number of likely N-dealkylation sites (tertiary alicyclic amines) is 1. The Bertz CT molecular complexity index is 844. The topological polar surface area (TPSA) is 94.0 Å². The number of hydrogen-bond acceptors (Lipinski definition) is 8. The Balaban J connectivity index is 1.51. The molecule has 0 bridgehead atoms. The third-order valence-corrected chi connectivity index (χ3v) is 4.60. The van der Waals surface area contributed by atoms with Crippen LogP contribution in [0.2, 0.25) is 0 Å². The van der Waals surface area contributed by atoms with Gasteiger partial charge >= 0.3 is 0 Å². The van der Waals surface area contributed by atoms with Crippen LogP contribution in [0.3, 0.4) is 0 Å². The summed E-state index contributed by atoms with van der Waals surface area (Å²) in [6, 6.07) is 3.86. The molecular weight excluding hydrogens is 332 g/mol. The average Bonchev–Trinajstić information content (AvgIpc) is 3.33. The van der Waals surface area contributed by atoms with Gasteiger partial charge in [-0.3, -0.25) is 9.88 Å². The number of rotatable bonds is 5. The van der Waals surface area contributed by atoms with Gasteiger partial charge in [-0.05, 0) is 31.5 Å². The summed E-state index contributed by atoms with van der Waals surface area (Å²) in [6.07, 6.45) is 6.71. The summed E-state index contributed by atoms with van der Waals surface area (Å²) in [5, 5.41) is 8.18. The van der Waals surface area contributed by atoms with Gasteiger partial charge < -0.3 is 9.05 Å². The van der Waals surface area contributed by atoms with Gasteiger partial charge in [-0.15, -0.1) is 0 Å². The van der Waals surface area contributed by atoms with Crippen LogP contribution in [0, 0.1) is 0 Å². The van der Waals surface area contributed by atoms with E-state index in [1.54, 1.807) is 12.4 Å². The van der Waals surface area contributed by atoms with E-state index >= 15 is 0 Å². The zero-order valence-corrected chi connectivity index (χ0v) is 15.0. The summed E-state index contributed by atoms with van der Waals surface area (Å²) < 4.78 is 11.0. The fraction of sp³-hybridized carbons (Fsp3) is 0.500. The molecule has 26 heavy (non-hydrogen) atoms. The van der Waals surface area contributed by atoms with Crippen LogP contribution in [0.25, 0.3) is 11.4 Å². The Morgan fingerprint density at radius 2 is 2.12 bits per heavy atom. The van der Waals surface area contributed by atoms with Crippen molar-refractivity contribution >= 4 is 0 Å². The van der Waals surface area contributed by atoms with E-state index in [-0.39, 0.29) is 12.0 Å². The summed E-state index contributed by atoms with van der Waals surface area (Å²) in [6.45, 7) is 5.63. The summed E-state index contributed by atoms with van der Waals surface area (Å²) >= 11 is 0. The van der Waals surface area contributed by atoms with Crippen molar-refractivity contribution in [1.82, 2.24) is 30.2 Å². The Labute approximate surface area is 151 Å². The van der Waals surface area contributed by atoms with E-state index in [1.165, 1.54) is 0 Å². The van der Waals surface area contributed by atoms with Crippen molar-refractivity contribution in [3.05, 3.63) is 42.1 Å². The smallest absolute Gasteiger partial charge is 0.244 e. The molecule has 1 unspecified atom stereocenters. The fourth-order valence-electron chi connectivity index (χ4n) is 3.18. The van der Waals surface area contributed by atoms with Gasteiger partial charge in [0.1, 0.15) is 0 Å². The zero-order valence-electron chi connectivity index (χ0n) is 15.0. The molecule has 8 heteroatoms. The van der Waals surface area contributed by atoms with Crippen molar-refractivity contribution in [2.24, 2.45) is 0 Å². The van der Waals surface area contributed by atoms with E-state index < -0.39 is 0 Å². The van der Waals surface area contributed by atoms with E-state index in [9.17, 15) is 0 Å². The lowest BCUT2D eigenvalue weighted by molar-refractivity contribution is 0.0986. The Morgan fingerprint density at radius 3 is 2.88 bits per heavy atom. The van der Waals surface area contributed by atoms with Gasteiger partial charge in [0.05, 0.1) is 12.6 Å². The molecule has 3 aromatic rings. The van der Waals surface area contributed by atoms with E-state index in [0.717, 1.165) is 37.2 Å². The van der Waals surface area contributed by atoms with E-state index in [0.29, 0.717) is 24.2 Å². The van der Waals surface area contributed by atoms with Gasteiger partial charge in [-0.25, -0.2) is 0 Å². The maximum atomic E-state index is 5.53. The minimum Gasteiger partial charge on any atom is -0.338 e. The Hall–Kier alpha value is -2.61. The molecule has 1 aliphatic rings. The summed E-state index contributed by atoms with van der Waals surface area (Å²) in [7, 11) is 0. The predicted octanol–water partition coefficient (Wildman–Crippen LogP) is 3.37. The van der Waals surface area contributed by atoms with Crippen LogP contribution < -0.4 is 0 Å². The highest BCUT2D eigenvalue weighted by Crippen LogP contribution is 2.31. The Kier molecular flexibility index (Phi) is 4.75. The second-order valence-corrected chi connectivity index (χ2v) is 6.88. The minimum absolute atomic E-state index is 0.0949. The molecular formula is C18H22N6O2. The quantitative estimate of drug-likeness (QED) is 0.688. The maximum Gasteiger partial charge on any atom is 0.244 e. The molecule has 136 valence electrons. The third kappa shape index (κ3) is 3.50. The molecule has 1 saturated heterocycles. The first-order valence-electron chi connectivity index (χ1n) is 9.01. The summed E-state index contributed by atoms with van der Waals surface area (Å²) in [4.78, 5) is 15.5. The van der Waals surface area contributed by atoms with Crippen molar-refractivity contribution in [3.8, 4) is 11.4 Å². The minimum atomic E-state index is 0.0949. The number of aromatic nitrogens is 5. The number of pyridine rings is 1. The van der Waals surface area contributed by atoms with E-state index in [4.69, 9.17) is 9.05 Å². The molecule has 0 N–H and O–H groups in total. The molecule has 0 spiro atoms. The first-order valence-corrected chi connectivity index (χ1v) is 9.01. The average molecular weight is 354 g/mol. The van der Waals surface area contributed by atoms with Gasteiger partial charge in [0.2, 0.25) is 17.6 Å². The molecule has 4 rings (SSSR count). The summed E-state index contributed by atoms with van der Waals surface area (Å²) in [5.74, 6) is 2.82. The van der Waals surface area contributed by atoms with Gasteiger partial charge in [0, 0.05) is 23.9 Å². The molecule has 1 aliphatic heterocycles. The monoisotopic (exact) mass is 354 g/mol. The number of piperidine rings is 1. The molecule has 0 saturated carbocycles. The van der Waals surface area contributed by atoms with Gasteiger partial charge in [0.25, 0.3) is 0 Å². The van der Waals surface area contributed by atoms with Gasteiger partial charge in [-0.2, -0.15) is 9.97 Å². The zero-order chi connectivity index (χ0) is 17.9. The highest BCUT2D eigenvalue weighted by molar-refractivity contribution is 5.51. The standard InChI is InChI=1S/C18H22N6O2/c1-12(2)16-21-18(26-22-16)14-7-3-4-9-24(14)11-15-20-17(23-25-15)13-6-5-8-19-10-13/h5-6,8,10,12,14H,3-4,7,9,11H2,1-2H3. The first-order chi connectivity index (χ1) is 12.7. The molecule has 1 atom stereocenters. The largest absolute Gasteiger partial charge is 0.338 e. The van der Waals surface area contributed by atoms with E-state index in [2.05, 4.69) is 44.0 Å². The molecule has 0 aliphatic carbocycles. The fourth-order valence-corrected chi connectivity index (χ4v) is 3.18. The van der Waals surface area contributed by atoms with Gasteiger partial charge in [-0.1, -0.05) is 30.6 Å². The van der Waals surface area contributed by atoms with Crippen molar-refractivity contribution in [1.29, 1.82) is 0 Å². The van der Waals surface area contributed by atoms with Crippen LogP contribution in [-0.4, -0.2) is 36.7 Å². The van der Waals surface area contributed by atoms with Gasteiger partial charge in [0.15, 0.2) is 5.82 Å². The second-order valence-electron chi connectivity index (χ2n) is 6.88. The second kappa shape index (κ2) is 7.33. The molecule has 4 heterocycles. The lowest BCUT2D eigenvalue weighted by Crippen LogP contribution is -2.33. The molecule has 1 fully saturated rings. The van der Waals surface area contributed by atoms with Crippen molar-refractivity contribution in [3.63, 3.8) is 0 Å². The van der Waals surface area contributed by atoms with Crippen LogP contribution in [0.15, 0.2) is 33.6 Å².